The van der Waals surface area contributed by atoms with Gasteiger partial charge in [-0.1, -0.05) is 0 Å². The van der Waals surface area contributed by atoms with Crippen molar-refractivity contribution < 1.29 is 55.6 Å². The first-order valence-corrected chi connectivity index (χ1v) is 10.8. The van der Waals surface area contributed by atoms with Crippen LogP contribution >= 0.6 is 0 Å². The molecule has 0 radical (unpaired) electrons. The van der Waals surface area contributed by atoms with E-state index in [-0.39, 0.29) is 12.2 Å². The van der Waals surface area contributed by atoms with Crippen LogP contribution in [0.5, 0.6) is 0 Å². The van der Waals surface area contributed by atoms with Crippen LogP contribution in [-0.2, 0) is 25.7 Å². The predicted molar refractivity (Wildman–Crippen MR) is 107 cm³/mol. The van der Waals surface area contributed by atoms with Crippen LogP contribution in [0.15, 0.2) is 24.5 Å². The van der Waals surface area contributed by atoms with Gasteiger partial charge >= 0.3 is 24.3 Å². The van der Waals surface area contributed by atoms with E-state index in [9.17, 15) is 26.3 Å². The van der Waals surface area contributed by atoms with E-state index in [0.29, 0.717) is 12.6 Å². The number of pyridine rings is 1. The number of ether oxygens (including phenoxy) is 2. The molecule has 0 spiro atoms. The molecule has 3 fully saturated rings. The molecule has 2 saturated heterocycles. The zero-order chi connectivity index (χ0) is 26.2. The van der Waals surface area contributed by atoms with Gasteiger partial charge in [0.1, 0.15) is 6.10 Å². The summed E-state index contributed by atoms with van der Waals surface area (Å²) < 4.78 is 75.7. The van der Waals surface area contributed by atoms with Gasteiger partial charge in [-0.3, -0.25) is 9.88 Å². The van der Waals surface area contributed by atoms with Gasteiger partial charge in [-0.15, -0.1) is 0 Å². The Morgan fingerprint density at radius 3 is 2.06 bits per heavy atom. The Bertz CT molecular complexity index is 795. The number of hydrogen-bond acceptors (Lipinski definition) is 6. The molecule has 3 aliphatic rings. The van der Waals surface area contributed by atoms with Crippen LogP contribution in [0.3, 0.4) is 0 Å². The highest BCUT2D eigenvalue weighted by Gasteiger charge is 2.46. The van der Waals surface area contributed by atoms with E-state index in [0.717, 1.165) is 19.1 Å². The molecule has 0 unspecified atom stereocenters. The van der Waals surface area contributed by atoms with E-state index in [1.807, 2.05) is 24.5 Å². The van der Waals surface area contributed by atoms with Crippen molar-refractivity contribution in [3.63, 3.8) is 0 Å². The molecule has 2 aliphatic heterocycles. The van der Waals surface area contributed by atoms with Gasteiger partial charge in [0.25, 0.3) is 0 Å². The lowest BCUT2D eigenvalue weighted by Gasteiger charge is -2.32. The number of alkyl halides is 6. The average molecular weight is 516 g/mol. The molecular formula is C21H26F6N2O6. The molecule has 0 aromatic carbocycles. The number of halogens is 6. The zero-order valence-corrected chi connectivity index (χ0v) is 18.5. The largest absolute Gasteiger partial charge is 0.490 e. The third kappa shape index (κ3) is 9.98. The van der Waals surface area contributed by atoms with Gasteiger partial charge in [0.2, 0.25) is 0 Å². The summed E-state index contributed by atoms with van der Waals surface area (Å²) in [6.45, 7) is 3.85. The van der Waals surface area contributed by atoms with E-state index in [1.165, 1.54) is 37.8 Å². The zero-order valence-electron chi connectivity index (χ0n) is 18.5. The Morgan fingerprint density at radius 1 is 1.03 bits per heavy atom. The Hall–Kier alpha value is -2.45. The molecule has 198 valence electrons. The summed E-state index contributed by atoms with van der Waals surface area (Å²) in [5, 5.41) is 14.2. The highest BCUT2D eigenvalue weighted by molar-refractivity contribution is 5.73. The number of nitrogens with zero attached hydrogens (tertiary/aromatic N) is 2. The number of carboxylic acid groups (broad SMARTS) is 2. The van der Waals surface area contributed by atoms with E-state index >= 15 is 0 Å². The molecule has 1 aromatic rings. The number of hydrogen-bond donors (Lipinski definition) is 2. The van der Waals surface area contributed by atoms with Gasteiger partial charge in [-0.2, -0.15) is 26.3 Å². The molecule has 2 N–H and O–H groups in total. The minimum absolute atomic E-state index is 0.224. The molecule has 1 saturated carbocycles. The van der Waals surface area contributed by atoms with Gasteiger partial charge in [0.15, 0.2) is 0 Å². The average Bonchev–Trinajstić information content (AvgIpc) is 3.53. The lowest BCUT2D eigenvalue weighted by Crippen LogP contribution is -2.42. The summed E-state index contributed by atoms with van der Waals surface area (Å²) in [4.78, 5) is 24.5. The number of likely N-dealkylation sites (tertiary alicyclic amines) is 1. The van der Waals surface area contributed by atoms with Crippen molar-refractivity contribution in [2.24, 2.45) is 5.92 Å². The van der Waals surface area contributed by atoms with E-state index in [4.69, 9.17) is 29.3 Å². The van der Waals surface area contributed by atoms with E-state index in [1.54, 1.807) is 0 Å². The van der Waals surface area contributed by atoms with E-state index in [2.05, 4.69) is 9.88 Å². The lowest BCUT2D eigenvalue weighted by atomic mass is 10.0. The first-order valence-electron chi connectivity index (χ1n) is 10.8. The second-order valence-electron chi connectivity index (χ2n) is 8.25. The predicted octanol–water partition coefficient (Wildman–Crippen LogP) is 3.51. The Kier molecular flexibility index (Phi) is 10.3. The highest BCUT2D eigenvalue weighted by atomic mass is 19.4. The first kappa shape index (κ1) is 28.8. The maximum atomic E-state index is 10.6. The SMILES string of the molecule is O=C(O)C(F)(F)F.O=C(O)C(F)(F)F.c1cc(CO[C@@H]2CN(CC3CC3)[C@H]3CCCO[C@@H]23)ccn1. The molecule has 8 nitrogen and oxygen atoms in total. The number of fused-ring (bicyclic) bond motifs is 1. The number of aliphatic carboxylic acids is 2. The standard InChI is InChI=1S/C17H24N2O2.2C2HF3O2/c1-2-15-17(20-9-1)16(11-19(15)10-13-3-4-13)21-12-14-5-7-18-8-6-14;2*3-2(4,5)1(6)7/h5-8,13,15-17H,1-4,9-12H2;2*(H,6,7)/t15-,16+,17+;;/m0../s1. The highest BCUT2D eigenvalue weighted by Crippen LogP contribution is 2.36. The number of aromatic nitrogens is 1. The summed E-state index contributed by atoms with van der Waals surface area (Å²) in [5.74, 6) is -4.58. The Morgan fingerprint density at radius 2 is 1.57 bits per heavy atom. The second kappa shape index (κ2) is 12.5. The third-order valence-electron chi connectivity index (χ3n) is 5.47. The maximum Gasteiger partial charge on any atom is 0.490 e. The lowest BCUT2D eigenvalue weighted by molar-refractivity contribution is -0.193. The third-order valence-corrected chi connectivity index (χ3v) is 5.47. The molecule has 0 amide bonds. The fourth-order valence-electron chi connectivity index (χ4n) is 3.67. The van der Waals surface area contributed by atoms with Gasteiger partial charge in [0, 0.05) is 38.1 Å². The molecule has 14 heteroatoms. The topological polar surface area (TPSA) is 109 Å². The molecule has 1 aliphatic carbocycles. The summed E-state index contributed by atoms with van der Waals surface area (Å²) in [6.07, 6.45) is -0.721. The van der Waals surface area contributed by atoms with Gasteiger partial charge in [-0.25, -0.2) is 9.59 Å². The van der Waals surface area contributed by atoms with Crippen molar-refractivity contribution in [1.82, 2.24) is 9.88 Å². The van der Waals surface area contributed by atoms with Crippen molar-refractivity contribution in [3.8, 4) is 0 Å². The smallest absolute Gasteiger partial charge is 0.475 e. The van der Waals surface area contributed by atoms with Crippen LogP contribution in [0.1, 0.15) is 31.2 Å². The first-order chi connectivity index (χ1) is 16.3. The van der Waals surface area contributed by atoms with Crippen LogP contribution < -0.4 is 0 Å². The fraction of sp³-hybridized carbons (Fsp3) is 0.667. The summed E-state index contributed by atoms with van der Waals surface area (Å²) in [6, 6.07) is 4.63. The molecule has 3 atom stereocenters. The monoisotopic (exact) mass is 516 g/mol. The maximum absolute atomic E-state index is 10.6. The summed E-state index contributed by atoms with van der Waals surface area (Å²) in [7, 11) is 0. The fourth-order valence-corrected chi connectivity index (χ4v) is 3.67. The molecule has 1 aromatic heterocycles. The minimum Gasteiger partial charge on any atom is -0.475 e. The van der Waals surface area contributed by atoms with Gasteiger partial charge in [0.05, 0.1) is 12.7 Å². The van der Waals surface area contributed by atoms with Gasteiger partial charge < -0.3 is 19.7 Å². The Balaban J connectivity index is 0.000000257. The summed E-state index contributed by atoms with van der Waals surface area (Å²) in [5.41, 5.74) is 1.19. The summed E-state index contributed by atoms with van der Waals surface area (Å²) >= 11 is 0. The Labute approximate surface area is 196 Å². The van der Waals surface area contributed by atoms with Crippen LogP contribution in [0.2, 0.25) is 0 Å². The van der Waals surface area contributed by atoms with Crippen molar-refractivity contribution in [3.05, 3.63) is 30.1 Å². The number of carboxylic acids is 2. The minimum atomic E-state index is -5.08. The molecule has 3 heterocycles. The molecule has 0 bridgehead atoms. The molecule has 35 heavy (non-hydrogen) atoms. The van der Waals surface area contributed by atoms with Crippen LogP contribution in [0.4, 0.5) is 26.3 Å². The molecular weight excluding hydrogens is 490 g/mol. The number of carbonyl (C=O) groups is 2. The van der Waals surface area contributed by atoms with E-state index < -0.39 is 24.3 Å². The number of rotatable bonds is 5. The van der Waals surface area contributed by atoms with Crippen LogP contribution in [0.25, 0.3) is 0 Å². The molecule has 4 rings (SSSR count). The van der Waals surface area contributed by atoms with Crippen molar-refractivity contribution >= 4 is 11.9 Å². The second-order valence-corrected chi connectivity index (χ2v) is 8.25. The van der Waals surface area contributed by atoms with Crippen molar-refractivity contribution in [2.45, 2.75) is 62.9 Å². The van der Waals surface area contributed by atoms with Crippen LogP contribution in [0, 0.1) is 5.92 Å². The van der Waals surface area contributed by atoms with Crippen LogP contribution in [-0.4, -0.2) is 82.3 Å². The normalized spacial score (nSPS) is 24.3. The van der Waals surface area contributed by atoms with Crippen molar-refractivity contribution in [2.75, 3.05) is 19.7 Å². The quantitative estimate of drug-likeness (QED) is 0.573. The van der Waals surface area contributed by atoms with Crippen molar-refractivity contribution in [1.29, 1.82) is 0 Å². The van der Waals surface area contributed by atoms with Gasteiger partial charge in [-0.05, 0) is 49.3 Å².